The molecule has 0 aliphatic carbocycles. The van der Waals surface area contributed by atoms with Crippen molar-refractivity contribution in [1.29, 1.82) is 0 Å². The lowest BCUT2D eigenvalue weighted by atomic mass is 10.3. The summed E-state index contributed by atoms with van der Waals surface area (Å²) in [6, 6.07) is 15.8. The summed E-state index contributed by atoms with van der Waals surface area (Å²) in [4.78, 5) is 0. The Morgan fingerprint density at radius 2 is 0.871 bits per heavy atom. The van der Waals surface area contributed by atoms with Crippen molar-refractivity contribution in [1.82, 2.24) is 0 Å². The van der Waals surface area contributed by atoms with Crippen molar-refractivity contribution in [2.24, 2.45) is 0 Å². The van der Waals surface area contributed by atoms with Gasteiger partial charge in [0.25, 0.3) is 0 Å². The number of methoxy groups -OCH3 is 2. The van der Waals surface area contributed by atoms with Crippen molar-refractivity contribution in [2.45, 2.75) is 12.8 Å². The molecule has 0 unspecified atom stereocenters. The Morgan fingerprint density at radius 3 is 1.23 bits per heavy atom. The summed E-state index contributed by atoms with van der Waals surface area (Å²) in [5.74, 6) is 1.72. The van der Waals surface area contributed by atoms with Gasteiger partial charge in [0, 0.05) is 37.7 Å². The molecule has 0 saturated heterocycles. The van der Waals surface area contributed by atoms with Crippen LogP contribution in [0.1, 0.15) is 12.8 Å². The SMILES string of the molecule is COc1ccc(NCCCOCCOCCOCCCNc2ccc(OC)cc2)cc1. The standard InChI is InChI=1S/C24H36N2O5/c1-27-23-9-5-21(6-10-23)25-13-3-15-29-17-19-31-20-18-30-16-4-14-26-22-7-11-24(28-2)12-8-22/h5-12,25-26H,3-4,13-20H2,1-2H3. The van der Waals surface area contributed by atoms with Crippen molar-refractivity contribution < 1.29 is 23.7 Å². The summed E-state index contributed by atoms with van der Waals surface area (Å²) in [7, 11) is 3.33. The third-order valence-electron chi connectivity index (χ3n) is 4.51. The van der Waals surface area contributed by atoms with Gasteiger partial charge in [0.15, 0.2) is 0 Å². The lowest BCUT2D eigenvalue weighted by Crippen LogP contribution is -2.12. The maximum Gasteiger partial charge on any atom is 0.119 e. The summed E-state index contributed by atoms with van der Waals surface area (Å²) < 4.78 is 27.0. The number of nitrogens with one attached hydrogen (secondary N) is 2. The van der Waals surface area contributed by atoms with E-state index in [4.69, 9.17) is 23.7 Å². The fraction of sp³-hybridized carbons (Fsp3) is 0.500. The van der Waals surface area contributed by atoms with E-state index in [2.05, 4.69) is 10.6 Å². The fourth-order valence-corrected chi connectivity index (χ4v) is 2.77. The molecule has 0 spiro atoms. The Hall–Kier alpha value is -2.48. The average molecular weight is 433 g/mol. The minimum absolute atomic E-state index is 0.592. The Labute approximate surface area is 186 Å². The molecule has 2 rings (SSSR count). The first-order valence-electron chi connectivity index (χ1n) is 10.8. The van der Waals surface area contributed by atoms with Crippen LogP contribution in [-0.2, 0) is 14.2 Å². The largest absolute Gasteiger partial charge is 0.497 e. The molecule has 0 aromatic heterocycles. The zero-order valence-corrected chi connectivity index (χ0v) is 18.7. The van der Waals surface area contributed by atoms with E-state index in [0.29, 0.717) is 39.6 Å². The molecule has 0 amide bonds. The van der Waals surface area contributed by atoms with Gasteiger partial charge in [-0.25, -0.2) is 0 Å². The molecule has 0 radical (unpaired) electrons. The molecule has 2 N–H and O–H groups in total. The summed E-state index contributed by atoms with van der Waals surface area (Å²) in [5.41, 5.74) is 2.17. The summed E-state index contributed by atoms with van der Waals surface area (Å²) in [6.45, 7) is 5.56. The molecule has 0 saturated carbocycles. The van der Waals surface area contributed by atoms with Crippen LogP contribution >= 0.6 is 0 Å². The Balaban J connectivity index is 1.30. The van der Waals surface area contributed by atoms with E-state index < -0.39 is 0 Å². The van der Waals surface area contributed by atoms with Gasteiger partial charge in [-0.15, -0.1) is 0 Å². The van der Waals surface area contributed by atoms with E-state index in [0.717, 1.165) is 48.8 Å². The molecule has 0 fully saturated rings. The van der Waals surface area contributed by atoms with Crippen LogP contribution in [0.4, 0.5) is 11.4 Å². The highest BCUT2D eigenvalue weighted by Crippen LogP contribution is 2.15. The number of rotatable bonds is 18. The molecule has 31 heavy (non-hydrogen) atoms. The first-order valence-corrected chi connectivity index (χ1v) is 10.8. The van der Waals surface area contributed by atoms with Gasteiger partial charge in [0.1, 0.15) is 11.5 Å². The highest BCUT2D eigenvalue weighted by atomic mass is 16.5. The summed E-state index contributed by atoms with van der Waals surface area (Å²) in [5, 5.41) is 6.71. The topological polar surface area (TPSA) is 70.2 Å². The van der Waals surface area contributed by atoms with Gasteiger partial charge >= 0.3 is 0 Å². The van der Waals surface area contributed by atoms with Gasteiger partial charge < -0.3 is 34.3 Å². The quantitative estimate of drug-likeness (QED) is 0.344. The van der Waals surface area contributed by atoms with E-state index in [1.54, 1.807) is 14.2 Å². The normalized spacial score (nSPS) is 10.6. The highest BCUT2D eigenvalue weighted by Gasteiger charge is 1.96. The van der Waals surface area contributed by atoms with Gasteiger partial charge in [0.05, 0.1) is 40.6 Å². The van der Waals surface area contributed by atoms with E-state index in [1.165, 1.54) is 0 Å². The third-order valence-corrected chi connectivity index (χ3v) is 4.51. The summed E-state index contributed by atoms with van der Waals surface area (Å²) in [6.07, 6.45) is 1.89. The van der Waals surface area contributed by atoms with E-state index in [-0.39, 0.29) is 0 Å². The highest BCUT2D eigenvalue weighted by molar-refractivity contribution is 5.46. The van der Waals surface area contributed by atoms with Crippen LogP contribution in [-0.4, -0.2) is 67.0 Å². The van der Waals surface area contributed by atoms with E-state index >= 15 is 0 Å². The lowest BCUT2D eigenvalue weighted by molar-refractivity contribution is 0.0145. The second-order valence-corrected chi connectivity index (χ2v) is 6.85. The number of hydrogen-bond donors (Lipinski definition) is 2. The Bertz CT molecular complexity index is 620. The van der Waals surface area contributed by atoms with Crippen LogP contribution in [0.25, 0.3) is 0 Å². The second kappa shape index (κ2) is 16.2. The first kappa shape index (κ1) is 24.8. The fourth-order valence-electron chi connectivity index (χ4n) is 2.77. The van der Waals surface area contributed by atoms with Crippen LogP contribution < -0.4 is 20.1 Å². The minimum atomic E-state index is 0.592. The molecule has 2 aromatic rings. The summed E-state index contributed by atoms with van der Waals surface area (Å²) >= 11 is 0. The maximum atomic E-state index is 5.58. The average Bonchev–Trinajstić information content (AvgIpc) is 2.82. The zero-order chi connectivity index (χ0) is 22.0. The van der Waals surface area contributed by atoms with Crippen LogP contribution in [0.5, 0.6) is 11.5 Å². The predicted molar refractivity (Wildman–Crippen MR) is 125 cm³/mol. The van der Waals surface area contributed by atoms with Crippen LogP contribution in [0.2, 0.25) is 0 Å². The van der Waals surface area contributed by atoms with Crippen molar-refractivity contribution in [2.75, 3.05) is 77.6 Å². The number of ether oxygens (including phenoxy) is 5. The van der Waals surface area contributed by atoms with Gasteiger partial charge in [0.2, 0.25) is 0 Å². The van der Waals surface area contributed by atoms with Crippen molar-refractivity contribution in [3.8, 4) is 11.5 Å². The Morgan fingerprint density at radius 1 is 0.516 bits per heavy atom. The molecule has 7 heteroatoms. The third kappa shape index (κ3) is 11.5. The second-order valence-electron chi connectivity index (χ2n) is 6.85. The van der Waals surface area contributed by atoms with Gasteiger partial charge in [-0.3, -0.25) is 0 Å². The van der Waals surface area contributed by atoms with Crippen LogP contribution in [0.3, 0.4) is 0 Å². The van der Waals surface area contributed by atoms with Crippen LogP contribution in [0.15, 0.2) is 48.5 Å². The molecule has 172 valence electrons. The maximum absolute atomic E-state index is 5.58. The lowest BCUT2D eigenvalue weighted by Gasteiger charge is -2.09. The van der Waals surface area contributed by atoms with Gasteiger partial charge in [-0.2, -0.15) is 0 Å². The van der Waals surface area contributed by atoms with Gasteiger partial charge in [-0.1, -0.05) is 0 Å². The van der Waals surface area contributed by atoms with E-state index in [9.17, 15) is 0 Å². The molecule has 0 bridgehead atoms. The smallest absolute Gasteiger partial charge is 0.119 e. The number of hydrogen-bond acceptors (Lipinski definition) is 7. The number of anilines is 2. The van der Waals surface area contributed by atoms with Crippen molar-refractivity contribution >= 4 is 11.4 Å². The van der Waals surface area contributed by atoms with Crippen molar-refractivity contribution in [3.63, 3.8) is 0 Å². The molecule has 7 nitrogen and oxygen atoms in total. The van der Waals surface area contributed by atoms with Crippen molar-refractivity contribution in [3.05, 3.63) is 48.5 Å². The first-order chi connectivity index (χ1) is 15.3. The monoisotopic (exact) mass is 432 g/mol. The zero-order valence-electron chi connectivity index (χ0n) is 18.7. The molecular formula is C24H36N2O5. The van der Waals surface area contributed by atoms with Gasteiger partial charge in [-0.05, 0) is 61.4 Å². The van der Waals surface area contributed by atoms with E-state index in [1.807, 2.05) is 48.5 Å². The molecular weight excluding hydrogens is 396 g/mol. The molecule has 0 heterocycles. The molecule has 0 atom stereocenters. The van der Waals surface area contributed by atoms with Crippen LogP contribution in [0, 0.1) is 0 Å². The predicted octanol–water partition coefficient (Wildman–Crippen LogP) is 4.06. The molecule has 0 aliphatic heterocycles. The number of benzene rings is 2. The molecule has 2 aromatic carbocycles. The Kier molecular flexibility index (Phi) is 13.0. The minimum Gasteiger partial charge on any atom is -0.497 e. The molecule has 0 aliphatic rings.